The van der Waals surface area contributed by atoms with Crippen molar-refractivity contribution >= 4 is 5.91 Å². The van der Waals surface area contributed by atoms with Crippen molar-refractivity contribution in [3.63, 3.8) is 0 Å². The van der Waals surface area contributed by atoms with Crippen LogP contribution >= 0.6 is 0 Å². The molecule has 0 spiro atoms. The van der Waals surface area contributed by atoms with Gasteiger partial charge in [0.05, 0.1) is 5.41 Å². The Morgan fingerprint density at radius 1 is 0.962 bits per heavy atom. The van der Waals surface area contributed by atoms with E-state index in [4.69, 9.17) is 5.73 Å². The van der Waals surface area contributed by atoms with Crippen molar-refractivity contribution in [2.24, 2.45) is 11.7 Å². The standard InChI is InChI=1S/C23H28N2O/c1-25-20-12-13-21(25)15-17(14-20)16-23(22(24)26,18-8-4-2-5-9-18)19-10-6-3-7-11-19/h2-11,17,20-21H,12-16H2,1H3,(H2,24,26)/t17-,20+,21-. The molecule has 0 aliphatic carbocycles. The van der Waals surface area contributed by atoms with Crippen molar-refractivity contribution in [2.45, 2.75) is 49.6 Å². The quantitative estimate of drug-likeness (QED) is 0.895. The first-order valence-electron chi connectivity index (χ1n) is 9.74. The molecule has 1 amide bonds. The van der Waals surface area contributed by atoms with E-state index in [1.807, 2.05) is 36.4 Å². The Morgan fingerprint density at radius 2 is 1.42 bits per heavy atom. The van der Waals surface area contributed by atoms with Crippen LogP contribution in [0.25, 0.3) is 0 Å². The predicted octanol–water partition coefficient (Wildman–Crippen LogP) is 3.72. The Morgan fingerprint density at radius 3 is 1.85 bits per heavy atom. The lowest BCUT2D eigenvalue weighted by Gasteiger charge is -2.41. The molecule has 0 saturated carbocycles. The zero-order chi connectivity index (χ0) is 18.1. The molecule has 2 fully saturated rings. The van der Waals surface area contributed by atoms with Gasteiger partial charge in [-0.2, -0.15) is 0 Å². The Balaban J connectivity index is 1.75. The topological polar surface area (TPSA) is 46.3 Å². The zero-order valence-corrected chi connectivity index (χ0v) is 15.5. The van der Waals surface area contributed by atoms with Gasteiger partial charge in [-0.25, -0.2) is 0 Å². The van der Waals surface area contributed by atoms with Gasteiger partial charge in [0.1, 0.15) is 0 Å². The Hall–Kier alpha value is -2.13. The number of nitrogens with two attached hydrogens (primary N) is 1. The lowest BCUT2D eigenvalue weighted by molar-refractivity contribution is -0.123. The molecule has 3 nitrogen and oxygen atoms in total. The number of carbonyl (C=O) groups is 1. The van der Waals surface area contributed by atoms with E-state index in [-0.39, 0.29) is 5.91 Å². The third-order valence-electron chi connectivity index (χ3n) is 6.74. The minimum Gasteiger partial charge on any atom is -0.369 e. The average molecular weight is 348 g/mol. The van der Waals surface area contributed by atoms with Gasteiger partial charge in [-0.1, -0.05) is 60.7 Å². The van der Waals surface area contributed by atoms with Gasteiger partial charge in [-0.3, -0.25) is 4.79 Å². The zero-order valence-electron chi connectivity index (χ0n) is 15.5. The first-order chi connectivity index (χ1) is 12.6. The van der Waals surface area contributed by atoms with E-state index in [9.17, 15) is 4.79 Å². The molecule has 2 saturated heterocycles. The fourth-order valence-corrected chi connectivity index (χ4v) is 5.36. The number of hydrogen-bond donors (Lipinski definition) is 1. The molecule has 26 heavy (non-hydrogen) atoms. The molecule has 3 heteroatoms. The van der Waals surface area contributed by atoms with Crippen LogP contribution in [0.1, 0.15) is 43.2 Å². The summed E-state index contributed by atoms with van der Waals surface area (Å²) >= 11 is 0. The summed E-state index contributed by atoms with van der Waals surface area (Å²) in [5.41, 5.74) is 7.41. The van der Waals surface area contributed by atoms with Gasteiger partial charge in [0.2, 0.25) is 5.91 Å². The van der Waals surface area contributed by atoms with E-state index in [0.717, 1.165) is 17.5 Å². The molecule has 0 aromatic heterocycles. The second-order valence-corrected chi connectivity index (χ2v) is 8.09. The van der Waals surface area contributed by atoms with E-state index in [1.165, 1.54) is 25.7 Å². The van der Waals surface area contributed by atoms with Crippen LogP contribution in [0.15, 0.2) is 60.7 Å². The molecule has 2 aromatic rings. The van der Waals surface area contributed by atoms with Crippen LogP contribution in [0.5, 0.6) is 0 Å². The summed E-state index contributed by atoms with van der Waals surface area (Å²) in [5.74, 6) is 0.290. The van der Waals surface area contributed by atoms with Crippen molar-refractivity contribution in [1.82, 2.24) is 4.90 Å². The SMILES string of the molecule is CN1[C@@H]2CC[C@H]1C[C@@H](CC(C(N)=O)(c1ccccc1)c1ccccc1)C2. The summed E-state index contributed by atoms with van der Waals surface area (Å²) in [5, 5.41) is 0. The summed E-state index contributed by atoms with van der Waals surface area (Å²) < 4.78 is 0. The highest BCUT2D eigenvalue weighted by Crippen LogP contribution is 2.45. The molecule has 136 valence electrons. The first kappa shape index (κ1) is 17.3. The van der Waals surface area contributed by atoms with Gasteiger partial charge in [0.25, 0.3) is 0 Å². The number of benzene rings is 2. The van der Waals surface area contributed by atoms with Crippen molar-refractivity contribution in [3.8, 4) is 0 Å². The second kappa shape index (κ2) is 6.88. The molecular formula is C23H28N2O. The predicted molar refractivity (Wildman–Crippen MR) is 105 cm³/mol. The maximum atomic E-state index is 13.0. The van der Waals surface area contributed by atoms with Gasteiger partial charge in [0.15, 0.2) is 0 Å². The van der Waals surface area contributed by atoms with Crippen molar-refractivity contribution < 1.29 is 4.79 Å². The van der Waals surface area contributed by atoms with E-state index < -0.39 is 5.41 Å². The minimum atomic E-state index is -0.747. The number of amides is 1. The first-order valence-corrected chi connectivity index (χ1v) is 9.74. The smallest absolute Gasteiger partial charge is 0.232 e. The molecule has 0 radical (unpaired) electrons. The van der Waals surface area contributed by atoms with Crippen LogP contribution in [0.4, 0.5) is 0 Å². The number of primary amides is 1. The fraction of sp³-hybridized carbons (Fsp3) is 0.435. The van der Waals surface area contributed by atoms with Crippen LogP contribution in [0, 0.1) is 5.92 Å². The molecule has 2 heterocycles. The molecule has 0 unspecified atom stereocenters. The maximum absolute atomic E-state index is 13.0. The maximum Gasteiger partial charge on any atom is 0.232 e. The van der Waals surface area contributed by atoms with E-state index in [2.05, 4.69) is 36.2 Å². The number of carbonyl (C=O) groups excluding carboxylic acids is 1. The molecular weight excluding hydrogens is 320 g/mol. The molecule has 2 N–H and O–H groups in total. The summed E-state index contributed by atoms with van der Waals surface area (Å²) in [6.07, 6.45) is 5.72. The molecule has 2 aliphatic heterocycles. The number of hydrogen-bond acceptors (Lipinski definition) is 2. The Bertz CT molecular complexity index is 705. The van der Waals surface area contributed by atoms with Crippen molar-refractivity contribution in [1.29, 1.82) is 0 Å². The van der Waals surface area contributed by atoms with Gasteiger partial charge in [-0.05, 0) is 56.2 Å². The lowest BCUT2D eigenvalue weighted by Crippen LogP contribution is -2.47. The molecule has 4 rings (SSSR count). The average Bonchev–Trinajstić information content (AvgIpc) is 2.88. The molecule has 2 aromatic carbocycles. The van der Waals surface area contributed by atoms with Crippen LogP contribution in [0.3, 0.4) is 0 Å². The monoisotopic (exact) mass is 348 g/mol. The molecule has 3 atom stereocenters. The Labute approximate surface area is 156 Å². The molecule has 2 bridgehead atoms. The number of nitrogens with zero attached hydrogens (tertiary/aromatic N) is 1. The summed E-state index contributed by atoms with van der Waals surface area (Å²) in [6, 6.07) is 21.6. The minimum absolute atomic E-state index is 0.235. The number of fused-ring (bicyclic) bond motifs is 2. The van der Waals surface area contributed by atoms with E-state index in [1.54, 1.807) is 0 Å². The highest BCUT2D eigenvalue weighted by Gasteiger charge is 2.46. The van der Waals surface area contributed by atoms with Crippen molar-refractivity contribution in [2.75, 3.05) is 7.05 Å². The highest BCUT2D eigenvalue weighted by molar-refractivity contribution is 5.90. The largest absolute Gasteiger partial charge is 0.369 e. The third-order valence-corrected chi connectivity index (χ3v) is 6.74. The van der Waals surface area contributed by atoms with E-state index in [0.29, 0.717) is 18.0 Å². The fourth-order valence-electron chi connectivity index (χ4n) is 5.36. The van der Waals surface area contributed by atoms with Crippen LogP contribution in [-0.4, -0.2) is 29.9 Å². The highest BCUT2D eigenvalue weighted by atomic mass is 16.1. The van der Waals surface area contributed by atoms with Crippen molar-refractivity contribution in [3.05, 3.63) is 71.8 Å². The third kappa shape index (κ3) is 2.84. The summed E-state index contributed by atoms with van der Waals surface area (Å²) in [4.78, 5) is 15.5. The second-order valence-electron chi connectivity index (χ2n) is 8.09. The van der Waals surface area contributed by atoms with Gasteiger partial charge < -0.3 is 10.6 Å². The van der Waals surface area contributed by atoms with Gasteiger partial charge >= 0.3 is 0 Å². The van der Waals surface area contributed by atoms with Crippen LogP contribution in [-0.2, 0) is 10.2 Å². The van der Waals surface area contributed by atoms with E-state index >= 15 is 0 Å². The number of piperidine rings is 1. The lowest BCUT2D eigenvalue weighted by atomic mass is 9.66. The Kier molecular flexibility index (Phi) is 4.58. The molecule has 2 aliphatic rings. The summed E-state index contributed by atoms with van der Waals surface area (Å²) in [6.45, 7) is 0. The summed E-state index contributed by atoms with van der Waals surface area (Å²) in [7, 11) is 2.26. The van der Waals surface area contributed by atoms with Crippen LogP contribution in [0.2, 0.25) is 0 Å². The normalized spacial score (nSPS) is 26.0. The number of rotatable bonds is 5. The van der Waals surface area contributed by atoms with Crippen LogP contribution < -0.4 is 5.73 Å². The van der Waals surface area contributed by atoms with Gasteiger partial charge in [-0.15, -0.1) is 0 Å². The van der Waals surface area contributed by atoms with Gasteiger partial charge in [0, 0.05) is 12.1 Å².